The lowest BCUT2D eigenvalue weighted by Gasteiger charge is -2.06. The van der Waals surface area contributed by atoms with E-state index in [2.05, 4.69) is 30.9 Å². The van der Waals surface area contributed by atoms with Crippen LogP contribution >= 0.6 is 0 Å². The first-order valence-electron chi connectivity index (χ1n) is 7.43. The van der Waals surface area contributed by atoms with Gasteiger partial charge in [-0.15, -0.1) is 0 Å². The predicted octanol–water partition coefficient (Wildman–Crippen LogP) is 2.13. The molecule has 9 nitrogen and oxygen atoms in total. The number of aromatic amines is 1. The Balaban J connectivity index is 1.47. The zero-order valence-electron chi connectivity index (χ0n) is 13.2. The third kappa shape index (κ3) is 3.02. The van der Waals surface area contributed by atoms with Gasteiger partial charge in [-0.05, 0) is 47.7 Å². The molecule has 0 saturated carbocycles. The number of amides is 1. The summed E-state index contributed by atoms with van der Waals surface area (Å²) in [6.45, 7) is 0. The minimum atomic E-state index is -0.209. The Labute approximate surface area is 141 Å². The number of fused-ring (bicyclic) bond motifs is 1. The molecule has 0 bridgehead atoms. The molecule has 124 valence electrons. The number of ether oxygens (including phenoxy) is 1. The maximum Gasteiger partial charge on any atom is 0.361 e. The molecule has 0 saturated heterocycles. The molecule has 4 rings (SSSR count). The van der Waals surface area contributed by atoms with E-state index >= 15 is 0 Å². The third-order valence-electron chi connectivity index (χ3n) is 3.63. The summed E-state index contributed by atoms with van der Waals surface area (Å²) >= 11 is 0. The molecule has 1 amide bonds. The van der Waals surface area contributed by atoms with Crippen molar-refractivity contribution in [1.29, 1.82) is 0 Å². The van der Waals surface area contributed by atoms with E-state index in [1.807, 2.05) is 17.7 Å². The van der Waals surface area contributed by atoms with Gasteiger partial charge in [0.2, 0.25) is 0 Å². The van der Waals surface area contributed by atoms with Crippen LogP contribution in [0.25, 0.3) is 11.0 Å². The van der Waals surface area contributed by atoms with E-state index in [1.54, 1.807) is 42.7 Å². The number of aromatic nitrogens is 6. The van der Waals surface area contributed by atoms with Crippen LogP contribution in [-0.4, -0.2) is 36.1 Å². The highest BCUT2D eigenvalue weighted by Gasteiger charge is 2.09. The number of carbonyl (C=O) groups excluding carboxylic acids is 1. The summed E-state index contributed by atoms with van der Waals surface area (Å²) in [4.78, 5) is 16.7. The van der Waals surface area contributed by atoms with Crippen LogP contribution in [0.5, 0.6) is 11.8 Å². The van der Waals surface area contributed by atoms with Crippen LogP contribution in [0, 0.1) is 0 Å². The van der Waals surface area contributed by atoms with Gasteiger partial charge in [-0.25, -0.2) is 4.98 Å². The average molecular weight is 335 g/mol. The van der Waals surface area contributed by atoms with E-state index in [-0.39, 0.29) is 11.9 Å². The minimum Gasteiger partial charge on any atom is -0.422 e. The second-order valence-corrected chi connectivity index (χ2v) is 5.33. The Kier molecular flexibility index (Phi) is 3.58. The number of hydrogen-bond acceptors (Lipinski definition) is 6. The summed E-state index contributed by atoms with van der Waals surface area (Å²) in [7, 11) is 1.91. The largest absolute Gasteiger partial charge is 0.422 e. The zero-order valence-corrected chi connectivity index (χ0v) is 13.2. The van der Waals surface area contributed by atoms with Gasteiger partial charge >= 0.3 is 6.01 Å². The minimum absolute atomic E-state index is 0.125. The Hall–Kier alpha value is -3.75. The van der Waals surface area contributed by atoms with Crippen LogP contribution < -0.4 is 10.1 Å². The van der Waals surface area contributed by atoms with Gasteiger partial charge in [0.25, 0.3) is 5.91 Å². The first kappa shape index (κ1) is 14.8. The van der Waals surface area contributed by atoms with E-state index in [0.29, 0.717) is 17.0 Å². The van der Waals surface area contributed by atoms with Crippen molar-refractivity contribution >= 4 is 22.6 Å². The van der Waals surface area contributed by atoms with Crippen LogP contribution in [0.1, 0.15) is 10.4 Å². The molecule has 0 aliphatic heterocycles. The van der Waals surface area contributed by atoms with Gasteiger partial charge in [-0.1, -0.05) is 10.2 Å². The second kappa shape index (κ2) is 6.04. The van der Waals surface area contributed by atoms with Gasteiger partial charge in [-0.2, -0.15) is 5.21 Å². The first-order valence-corrected chi connectivity index (χ1v) is 7.43. The standard InChI is InChI=1S/C16H13N7O2/c1-23-9-17-13-8-10(2-7-14(13)23)15(24)18-11-3-5-12(6-4-11)25-16-19-21-22-20-16/h2-9H,1H3,(H,18,24)(H,19,20,21,22). The van der Waals surface area contributed by atoms with Gasteiger partial charge in [-0.3, -0.25) is 4.79 Å². The fourth-order valence-corrected chi connectivity index (χ4v) is 2.39. The van der Waals surface area contributed by atoms with Crippen molar-refractivity contribution in [2.45, 2.75) is 0 Å². The number of benzene rings is 2. The van der Waals surface area contributed by atoms with Gasteiger partial charge < -0.3 is 14.6 Å². The maximum absolute atomic E-state index is 12.4. The highest BCUT2D eigenvalue weighted by Crippen LogP contribution is 2.20. The van der Waals surface area contributed by atoms with E-state index < -0.39 is 0 Å². The monoisotopic (exact) mass is 335 g/mol. The highest BCUT2D eigenvalue weighted by atomic mass is 16.5. The Morgan fingerprint density at radius 1 is 1.20 bits per heavy atom. The lowest BCUT2D eigenvalue weighted by molar-refractivity contribution is 0.102. The molecule has 0 unspecified atom stereocenters. The van der Waals surface area contributed by atoms with Gasteiger partial charge in [0.1, 0.15) is 5.75 Å². The quantitative estimate of drug-likeness (QED) is 0.591. The zero-order chi connectivity index (χ0) is 17.2. The van der Waals surface area contributed by atoms with Crippen molar-refractivity contribution in [2.75, 3.05) is 5.32 Å². The molecule has 2 aromatic heterocycles. The SMILES string of the molecule is Cn1cnc2cc(C(=O)Nc3ccc(Oc4nn[nH]n4)cc3)ccc21. The van der Waals surface area contributed by atoms with Gasteiger partial charge in [0.15, 0.2) is 0 Å². The lowest BCUT2D eigenvalue weighted by atomic mass is 10.2. The van der Waals surface area contributed by atoms with Crippen molar-refractivity contribution < 1.29 is 9.53 Å². The topological polar surface area (TPSA) is 111 Å². The number of hydrogen-bond donors (Lipinski definition) is 2. The number of anilines is 1. The summed E-state index contributed by atoms with van der Waals surface area (Å²) in [6.07, 6.45) is 1.72. The van der Waals surface area contributed by atoms with Gasteiger partial charge in [0, 0.05) is 18.3 Å². The summed E-state index contributed by atoms with van der Waals surface area (Å²) < 4.78 is 7.28. The molecule has 2 aromatic carbocycles. The number of aryl methyl sites for hydroxylation is 1. The molecule has 2 heterocycles. The van der Waals surface area contributed by atoms with E-state index in [9.17, 15) is 4.79 Å². The van der Waals surface area contributed by atoms with E-state index in [0.717, 1.165) is 11.0 Å². The molecule has 4 aromatic rings. The fraction of sp³-hybridized carbons (Fsp3) is 0.0625. The number of carbonyl (C=O) groups is 1. The van der Waals surface area contributed by atoms with Gasteiger partial charge in [0.05, 0.1) is 17.4 Å². The van der Waals surface area contributed by atoms with Crippen molar-refractivity contribution in [3.8, 4) is 11.8 Å². The molecule has 25 heavy (non-hydrogen) atoms. The van der Waals surface area contributed by atoms with Crippen molar-refractivity contribution in [3.63, 3.8) is 0 Å². The Morgan fingerprint density at radius 2 is 2.04 bits per heavy atom. The second-order valence-electron chi connectivity index (χ2n) is 5.33. The fourth-order valence-electron chi connectivity index (χ4n) is 2.39. The molecule has 0 radical (unpaired) electrons. The smallest absolute Gasteiger partial charge is 0.361 e. The maximum atomic E-state index is 12.4. The van der Waals surface area contributed by atoms with Crippen LogP contribution in [0.4, 0.5) is 5.69 Å². The van der Waals surface area contributed by atoms with Crippen molar-refractivity contribution in [1.82, 2.24) is 30.2 Å². The third-order valence-corrected chi connectivity index (χ3v) is 3.63. The summed E-state index contributed by atoms with van der Waals surface area (Å²) in [6, 6.07) is 12.4. The van der Waals surface area contributed by atoms with Crippen LogP contribution in [-0.2, 0) is 7.05 Å². The molecular weight excluding hydrogens is 322 g/mol. The summed E-state index contributed by atoms with van der Waals surface area (Å²) in [5, 5.41) is 15.9. The number of H-pyrrole nitrogens is 1. The average Bonchev–Trinajstić information content (AvgIpc) is 3.26. The van der Waals surface area contributed by atoms with E-state index in [1.165, 1.54) is 0 Å². The van der Waals surface area contributed by atoms with Crippen LogP contribution in [0.3, 0.4) is 0 Å². The molecule has 0 atom stereocenters. The molecule has 0 fully saturated rings. The van der Waals surface area contributed by atoms with Crippen molar-refractivity contribution in [3.05, 3.63) is 54.4 Å². The molecule has 9 heteroatoms. The number of nitrogens with zero attached hydrogens (tertiary/aromatic N) is 5. The van der Waals surface area contributed by atoms with Crippen LogP contribution in [0.2, 0.25) is 0 Å². The number of imidazole rings is 1. The number of nitrogens with one attached hydrogen (secondary N) is 2. The van der Waals surface area contributed by atoms with Crippen molar-refractivity contribution in [2.24, 2.45) is 7.05 Å². The Morgan fingerprint density at radius 3 is 2.80 bits per heavy atom. The molecule has 0 spiro atoms. The number of rotatable bonds is 4. The number of tetrazole rings is 1. The first-order chi connectivity index (χ1) is 12.2. The summed E-state index contributed by atoms with van der Waals surface area (Å²) in [5.74, 6) is 0.327. The van der Waals surface area contributed by atoms with Crippen LogP contribution in [0.15, 0.2) is 48.8 Å². The highest BCUT2D eigenvalue weighted by molar-refractivity contribution is 6.05. The van der Waals surface area contributed by atoms with E-state index in [4.69, 9.17) is 4.74 Å². The summed E-state index contributed by atoms with van der Waals surface area (Å²) in [5.41, 5.74) is 2.93. The predicted molar refractivity (Wildman–Crippen MR) is 89.4 cm³/mol. The molecule has 2 N–H and O–H groups in total. The molecular formula is C16H13N7O2. The molecule has 0 aliphatic carbocycles. The lowest BCUT2D eigenvalue weighted by Crippen LogP contribution is -2.11. The molecule has 0 aliphatic rings. The normalized spacial score (nSPS) is 10.8. The Bertz CT molecular complexity index is 1020.